The fraction of sp³-hybridized carbons (Fsp3) is 0.400. The molecule has 0 amide bonds. The third kappa shape index (κ3) is 4.52. The standard InChI is InChI=1S/C18H22.C2H6/c1-4-5-6-16-11-12-18(13-15(16)3)17-9-7-14(2)8-10-17;1-2/h5-13,15-16H,4H2,1-3H3;1-2H3/b6-5-;. The van der Waals surface area contributed by atoms with E-state index < -0.39 is 0 Å². The third-order valence-corrected chi connectivity index (χ3v) is 3.53. The maximum atomic E-state index is 2.38. The predicted molar refractivity (Wildman–Crippen MR) is 91.7 cm³/mol. The fourth-order valence-electron chi connectivity index (χ4n) is 2.31. The number of hydrogen-bond acceptors (Lipinski definition) is 0. The van der Waals surface area contributed by atoms with Crippen LogP contribution in [0.2, 0.25) is 0 Å². The van der Waals surface area contributed by atoms with E-state index in [9.17, 15) is 0 Å². The van der Waals surface area contributed by atoms with Gasteiger partial charge in [-0.05, 0) is 30.4 Å². The second kappa shape index (κ2) is 8.58. The molecule has 2 unspecified atom stereocenters. The van der Waals surface area contributed by atoms with Crippen LogP contribution in [0.1, 0.15) is 45.2 Å². The molecule has 0 radical (unpaired) electrons. The zero-order chi connectivity index (χ0) is 15.0. The van der Waals surface area contributed by atoms with Crippen LogP contribution in [0.5, 0.6) is 0 Å². The van der Waals surface area contributed by atoms with Crippen LogP contribution in [0.15, 0.2) is 54.6 Å². The lowest BCUT2D eigenvalue weighted by molar-refractivity contribution is 0.606. The van der Waals surface area contributed by atoms with Crippen LogP contribution < -0.4 is 0 Å². The minimum atomic E-state index is 0.555. The maximum absolute atomic E-state index is 2.38. The van der Waals surface area contributed by atoms with Gasteiger partial charge in [0.2, 0.25) is 0 Å². The molecule has 0 heterocycles. The summed E-state index contributed by atoms with van der Waals surface area (Å²) in [7, 11) is 0. The molecule has 108 valence electrons. The van der Waals surface area contributed by atoms with Gasteiger partial charge in [0.25, 0.3) is 0 Å². The summed E-state index contributed by atoms with van der Waals surface area (Å²) in [5.74, 6) is 1.13. The average Bonchev–Trinajstić information content (AvgIpc) is 2.49. The molecule has 0 heteroatoms. The monoisotopic (exact) mass is 268 g/mol. The molecule has 0 aliphatic heterocycles. The summed E-state index contributed by atoms with van der Waals surface area (Å²) in [5.41, 5.74) is 3.99. The Bertz CT molecular complexity index is 471. The van der Waals surface area contributed by atoms with E-state index in [-0.39, 0.29) is 0 Å². The van der Waals surface area contributed by atoms with Crippen molar-refractivity contribution in [3.05, 3.63) is 65.8 Å². The van der Waals surface area contributed by atoms with Gasteiger partial charge in [-0.2, -0.15) is 0 Å². The number of rotatable bonds is 3. The van der Waals surface area contributed by atoms with Crippen molar-refractivity contribution in [1.82, 2.24) is 0 Å². The van der Waals surface area contributed by atoms with Crippen LogP contribution >= 0.6 is 0 Å². The lowest BCUT2D eigenvalue weighted by Gasteiger charge is -2.20. The Morgan fingerprint density at radius 2 is 1.75 bits per heavy atom. The van der Waals surface area contributed by atoms with E-state index in [4.69, 9.17) is 0 Å². The van der Waals surface area contributed by atoms with Crippen molar-refractivity contribution in [3.63, 3.8) is 0 Å². The summed E-state index contributed by atoms with van der Waals surface area (Å²) < 4.78 is 0. The molecule has 0 saturated carbocycles. The molecule has 0 aromatic heterocycles. The normalized spacial score (nSPS) is 21.4. The number of hydrogen-bond donors (Lipinski definition) is 0. The Hall–Kier alpha value is -1.56. The lowest BCUT2D eigenvalue weighted by Crippen LogP contribution is -2.08. The Labute approximate surface area is 124 Å². The number of allylic oxidation sites excluding steroid dienone is 6. The SMILES string of the molecule is CC.CC/C=C\C1C=CC(c2ccc(C)cc2)=CC1C. The van der Waals surface area contributed by atoms with E-state index in [0.29, 0.717) is 11.8 Å². The van der Waals surface area contributed by atoms with Crippen molar-refractivity contribution in [2.75, 3.05) is 0 Å². The average molecular weight is 268 g/mol. The van der Waals surface area contributed by atoms with Crippen molar-refractivity contribution < 1.29 is 0 Å². The van der Waals surface area contributed by atoms with Gasteiger partial charge >= 0.3 is 0 Å². The van der Waals surface area contributed by atoms with Crippen molar-refractivity contribution in [3.8, 4) is 0 Å². The smallest absolute Gasteiger partial charge is 0.00104 e. The molecule has 0 spiro atoms. The Morgan fingerprint density at radius 1 is 1.10 bits per heavy atom. The Kier molecular flexibility index (Phi) is 7.08. The van der Waals surface area contributed by atoms with E-state index in [1.54, 1.807) is 0 Å². The predicted octanol–water partition coefficient (Wildman–Crippen LogP) is 6.19. The van der Waals surface area contributed by atoms with Crippen LogP contribution in [0, 0.1) is 18.8 Å². The first-order valence-corrected chi connectivity index (χ1v) is 7.84. The first kappa shape index (κ1) is 16.5. The fourth-order valence-corrected chi connectivity index (χ4v) is 2.31. The summed E-state index contributed by atoms with van der Waals surface area (Å²) >= 11 is 0. The molecule has 1 aromatic rings. The molecule has 0 nitrogen and oxygen atoms in total. The zero-order valence-corrected chi connectivity index (χ0v) is 13.6. The van der Waals surface area contributed by atoms with E-state index >= 15 is 0 Å². The first-order chi connectivity index (χ1) is 9.70. The van der Waals surface area contributed by atoms with Crippen molar-refractivity contribution in [2.24, 2.45) is 11.8 Å². The van der Waals surface area contributed by atoms with Gasteiger partial charge in [-0.25, -0.2) is 0 Å². The van der Waals surface area contributed by atoms with Gasteiger partial charge in [0.05, 0.1) is 0 Å². The van der Waals surface area contributed by atoms with Crippen LogP contribution in [-0.2, 0) is 0 Å². The first-order valence-electron chi connectivity index (χ1n) is 7.84. The van der Waals surface area contributed by atoms with E-state index in [0.717, 1.165) is 6.42 Å². The molecule has 0 saturated heterocycles. The quantitative estimate of drug-likeness (QED) is 0.573. The third-order valence-electron chi connectivity index (χ3n) is 3.53. The summed E-state index contributed by atoms with van der Waals surface area (Å²) in [6.07, 6.45) is 12.7. The van der Waals surface area contributed by atoms with Gasteiger partial charge < -0.3 is 0 Å². The second-order valence-corrected chi connectivity index (χ2v) is 5.12. The van der Waals surface area contributed by atoms with Gasteiger partial charge in [0.15, 0.2) is 0 Å². The highest BCUT2D eigenvalue weighted by atomic mass is 14.2. The highest BCUT2D eigenvalue weighted by Gasteiger charge is 2.14. The maximum Gasteiger partial charge on any atom is 0.00104 e. The van der Waals surface area contributed by atoms with Gasteiger partial charge in [-0.3, -0.25) is 0 Å². The van der Waals surface area contributed by atoms with Crippen molar-refractivity contribution in [1.29, 1.82) is 0 Å². The zero-order valence-electron chi connectivity index (χ0n) is 13.6. The number of benzene rings is 1. The van der Waals surface area contributed by atoms with E-state index in [2.05, 4.69) is 75.4 Å². The molecular weight excluding hydrogens is 240 g/mol. The van der Waals surface area contributed by atoms with E-state index in [1.165, 1.54) is 16.7 Å². The van der Waals surface area contributed by atoms with Crippen LogP contribution in [0.3, 0.4) is 0 Å². The molecule has 0 bridgehead atoms. The highest BCUT2D eigenvalue weighted by Crippen LogP contribution is 2.29. The van der Waals surface area contributed by atoms with Gasteiger partial charge in [-0.1, -0.05) is 87.9 Å². The van der Waals surface area contributed by atoms with Crippen molar-refractivity contribution >= 4 is 5.57 Å². The second-order valence-electron chi connectivity index (χ2n) is 5.12. The summed E-state index contributed by atoms with van der Waals surface area (Å²) in [6.45, 7) is 10.6. The summed E-state index contributed by atoms with van der Waals surface area (Å²) in [4.78, 5) is 0. The number of aryl methyl sites for hydroxylation is 1. The lowest BCUT2D eigenvalue weighted by atomic mass is 9.85. The molecule has 2 rings (SSSR count). The Balaban J connectivity index is 0.000000956. The van der Waals surface area contributed by atoms with Crippen LogP contribution in [0.25, 0.3) is 5.57 Å². The van der Waals surface area contributed by atoms with E-state index in [1.807, 2.05) is 13.8 Å². The molecule has 0 N–H and O–H groups in total. The minimum Gasteiger partial charge on any atom is -0.0882 e. The van der Waals surface area contributed by atoms with Gasteiger partial charge in [0.1, 0.15) is 0 Å². The molecule has 1 aliphatic carbocycles. The van der Waals surface area contributed by atoms with Gasteiger partial charge in [0, 0.05) is 5.92 Å². The topological polar surface area (TPSA) is 0 Å². The summed E-state index contributed by atoms with van der Waals surface area (Å²) in [5, 5.41) is 0. The van der Waals surface area contributed by atoms with Crippen molar-refractivity contribution in [2.45, 2.75) is 41.0 Å². The van der Waals surface area contributed by atoms with Crippen LogP contribution in [-0.4, -0.2) is 0 Å². The summed E-state index contributed by atoms with van der Waals surface area (Å²) in [6, 6.07) is 8.77. The molecule has 1 aliphatic rings. The largest absolute Gasteiger partial charge is 0.0882 e. The molecular formula is C20H28. The van der Waals surface area contributed by atoms with Crippen LogP contribution in [0.4, 0.5) is 0 Å². The highest BCUT2D eigenvalue weighted by molar-refractivity contribution is 5.75. The Morgan fingerprint density at radius 3 is 2.30 bits per heavy atom. The molecule has 1 aromatic carbocycles. The molecule has 2 atom stereocenters. The minimum absolute atomic E-state index is 0.555. The van der Waals surface area contributed by atoms with Gasteiger partial charge in [-0.15, -0.1) is 0 Å². The molecule has 20 heavy (non-hydrogen) atoms. The molecule has 0 fully saturated rings.